The van der Waals surface area contributed by atoms with Gasteiger partial charge in [0.15, 0.2) is 0 Å². The Bertz CT molecular complexity index is 886. The largest absolute Gasteiger partial charge is 0.403 e. The fraction of sp³-hybridized carbons (Fsp3) is 0.214. The molecule has 0 aliphatic rings. The van der Waals surface area contributed by atoms with Gasteiger partial charge in [-0.15, -0.1) is 5.10 Å². The molecule has 3 rings (SSSR count). The number of anilines is 1. The standard InChI is InChI=1S/C14H15N5O3S/c1-23(20,21)8-7-15-14-18-17-13(22-14)11-9-16-19(10-11)12-5-3-2-4-6-12/h2-6,9-10H,7-8H2,1H3,(H,15,18). The molecule has 0 saturated carbocycles. The molecule has 8 nitrogen and oxygen atoms in total. The summed E-state index contributed by atoms with van der Waals surface area (Å²) in [6, 6.07) is 9.82. The summed E-state index contributed by atoms with van der Waals surface area (Å²) in [6.45, 7) is 0.212. The van der Waals surface area contributed by atoms with Gasteiger partial charge in [-0.25, -0.2) is 13.1 Å². The topological polar surface area (TPSA) is 103 Å². The summed E-state index contributed by atoms with van der Waals surface area (Å²) in [5.74, 6) is 0.311. The van der Waals surface area contributed by atoms with Crippen LogP contribution in [0.1, 0.15) is 0 Å². The zero-order valence-electron chi connectivity index (χ0n) is 12.4. The summed E-state index contributed by atoms with van der Waals surface area (Å²) in [4.78, 5) is 0. The van der Waals surface area contributed by atoms with Crippen molar-refractivity contribution < 1.29 is 12.8 Å². The van der Waals surface area contributed by atoms with Crippen molar-refractivity contribution in [1.82, 2.24) is 20.0 Å². The van der Waals surface area contributed by atoms with Crippen LogP contribution < -0.4 is 5.32 Å². The molecule has 0 unspecified atom stereocenters. The molecule has 0 aliphatic heterocycles. The smallest absolute Gasteiger partial charge is 0.315 e. The highest BCUT2D eigenvalue weighted by Crippen LogP contribution is 2.20. The molecule has 1 N–H and O–H groups in total. The van der Waals surface area contributed by atoms with Crippen LogP contribution in [0.25, 0.3) is 17.1 Å². The van der Waals surface area contributed by atoms with Crippen LogP contribution in [0, 0.1) is 0 Å². The van der Waals surface area contributed by atoms with Gasteiger partial charge in [-0.2, -0.15) is 5.10 Å². The van der Waals surface area contributed by atoms with Gasteiger partial charge in [0.1, 0.15) is 9.84 Å². The Morgan fingerprint density at radius 2 is 2.00 bits per heavy atom. The van der Waals surface area contributed by atoms with E-state index in [0.717, 1.165) is 5.69 Å². The molecule has 1 aromatic carbocycles. The molecule has 120 valence electrons. The molecular weight excluding hydrogens is 318 g/mol. The Hall–Kier alpha value is -2.68. The predicted octanol–water partition coefficient (Wildman–Crippen LogP) is 1.38. The van der Waals surface area contributed by atoms with Gasteiger partial charge in [0, 0.05) is 19.0 Å². The summed E-state index contributed by atoms with van der Waals surface area (Å²) in [6.07, 6.45) is 4.58. The lowest BCUT2D eigenvalue weighted by molar-refractivity contribution is 0.581. The molecule has 0 atom stereocenters. The van der Waals surface area contributed by atoms with Gasteiger partial charge in [-0.05, 0) is 12.1 Å². The van der Waals surface area contributed by atoms with E-state index in [1.54, 1.807) is 17.1 Å². The third-order valence-electron chi connectivity index (χ3n) is 3.02. The van der Waals surface area contributed by atoms with E-state index in [0.29, 0.717) is 11.5 Å². The number of aromatic nitrogens is 4. The highest BCUT2D eigenvalue weighted by molar-refractivity contribution is 7.90. The van der Waals surface area contributed by atoms with Crippen LogP contribution in [-0.4, -0.2) is 46.9 Å². The zero-order valence-corrected chi connectivity index (χ0v) is 13.2. The monoisotopic (exact) mass is 333 g/mol. The van der Waals surface area contributed by atoms with Gasteiger partial charge in [-0.3, -0.25) is 0 Å². The average molecular weight is 333 g/mol. The summed E-state index contributed by atoms with van der Waals surface area (Å²) >= 11 is 0. The number of sulfone groups is 1. The first-order chi connectivity index (χ1) is 11.0. The molecule has 0 amide bonds. The molecule has 0 fully saturated rings. The van der Waals surface area contributed by atoms with Crippen LogP contribution >= 0.6 is 0 Å². The first-order valence-electron chi connectivity index (χ1n) is 6.87. The number of hydrogen-bond donors (Lipinski definition) is 1. The Kier molecular flexibility index (Phi) is 4.11. The van der Waals surface area contributed by atoms with Crippen LogP contribution in [-0.2, 0) is 9.84 Å². The number of benzene rings is 1. The van der Waals surface area contributed by atoms with Crippen molar-refractivity contribution in [2.24, 2.45) is 0 Å². The molecule has 2 aromatic heterocycles. The maximum absolute atomic E-state index is 11.1. The molecule has 0 saturated heterocycles. The SMILES string of the molecule is CS(=O)(=O)CCNc1nnc(-c2cnn(-c3ccccc3)c2)o1. The second-order valence-electron chi connectivity index (χ2n) is 4.98. The van der Waals surface area contributed by atoms with E-state index in [2.05, 4.69) is 20.6 Å². The van der Waals surface area contributed by atoms with Crippen LogP contribution in [0.4, 0.5) is 6.01 Å². The molecule has 0 radical (unpaired) electrons. The fourth-order valence-corrected chi connectivity index (χ4v) is 2.38. The first-order valence-corrected chi connectivity index (χ1v) is 8.93. The molecule has 0 aliphatic carbocycles. The van der Waals surface area contributed by atoms with Crippen molar-refractivity contribution in [3.63, 3.8) is 0 Å². The number of rotatable bonds is 6. The average Bonchev–Trinajstić information content (AvgIpc) is 3.15. The lowest BCUT2D eigenvalue weighted by atomic mass is 10.3. The first kappa shape index (κ1) is 15.2. The van der Waals surface area contributed by atoms with E-state index in [-0.39, 0.29) is 18.3 Å². The van der Waals surface area contributed by atoms with Crippen molar-refractivity contribution >= 4 is 15.9 Å². The molecule has 0 bridgehead atoms. The number of nitrogens with one attached hydrogen (secondary N) is 1. The van der Waals surface area contributed by atoms with Crippen LogP contribution in [0.2, 0.25) is 0 Å². The highest BCUT2D eigenvalue weighted by atomic mass is 32.2. The third kappa shape index (κ3) is 3.95. The molecule has 3 aromatic rings. The normalized spacial score (nSPS) is 11.5. The van der Waals surface area contributed by atoms with Gasteiger partial charge in [0.2, 0.25) is 0 Å². The molecule has 23 heavy (non-hydrogen) atoms. The lowest BCUT2D eigenvalue weighted by Gasteiger charge is -1.99. The third-order valence-corrected chi connectivity index (χ3v) is 3.97. The summed E-state index contributed by atoms with van der Waals surface area (Å²) in [5, 5.41) is 14.8. The van der Waals surface area contributed by atoms with Gasteiger partial charge >= 0.3 is 6.01 Å². The predicted molar refractivity (Wildman–Crippen MR) is 85.1 cm³/mol. The quantitative estimate of drug-likeness (QED) is 0.727. The maximum atomic E-state index is 11.1. The van der Waals surface area contributed by atoms with E-state index >= 15 is 0 Å². The van der Waals surface area contributed by atoms with E-state index in [1.165, 1.54) is 6.26 Å². The number of hydrogen-bond acceptors (Lipinski definition) is 7. The minimum Gasteiger partial charge on any atom is -0.403 e. The van der Waals surface area contributed by atoms with Crippen molar-refractivity contribution in [3.8, 4) is 17.1 Å². The minimum atomic E-state index is -3.03. The Morgan fingerprint density at radius 1 is 1.22 bits per heavy atom. The zero-order chi connectivity index (χ0) is 16.3. The van der Waals surface area contributed by atoms with E-state index in [9.17, 15) is 8.42 Å². The van der Waals surface area contributed by atoms with E-state index in [1.807, 2.05) is 30.3 Å². The van der Waals surface area contributed by atoms with Gasteiger partial charge in [-0.1, -0.05) is 23.3 Å². The summed E-state index contributed by atoms with van der Waals surface area (Å²) in [5.41, 5.74) is 1.60. The number of nitrogens with zero attached hydrogens (tertiary/aromatic N) is 4. The Balaban J connectivity index is 1.70. The Morgan fingerprint density at radius 3 is 2.74 bits per heavy atom. The summed E-state index contributed by atoms with van der Waals surface area (Å²) in [7, 11) is -3.03. The highest BCUT2D eigenvalue weighted by Gasteiger charge is 2.11. The molecular formula is C14H15N5O3S. The van der Waals surface area contributed by atoms with E-state index < -0.39 is 9.84 Å². The van der Waals surface area contributed by atoms with Gasteiger partial charge in [0.05, 0.1) is 23.2 Å². The van der Waals surface area contributed by atoms with Gasteiger partial charge in [0.25, 0.3) is 5.89 Å². The van der Waals surface area contributed by atoms with Crippen LogP contribution in [0.15, 0.2) is 47.1 Å². The van der Waals surface area contributed by atoms with Crippen molar-refractivity contribution in [3.05, 3.63) is 42.7 Å². The molecule has 9 heteroatoms. The van der Waals surface area contributed by atoms with Gasteiger partial charge < -0.3 is 9.73 Å². The minimum absolute atomic E-state index is 0.00332. The van der Waals surface area contributed by atoms with Crippen LogP contribution in [0.5, 0.6) is 0 Å². The fourth-order valence-electron chi connectivity index (χ4n) is 1.91. The van der Waals surface area contributed by atoms with Crippen molar-refractivity contribution in [1.29, 1.82) is 0 Å². The second kappa shape index (κ2) is 6.21. The van der Waals surface area contributed by atoms with Crippen molar-refractivity contribution in [2.45, 2.75) is 0 Å². The Labute approximate surface area is 133 Å². The van der Waals surface area contributed by atoms with Crippen molar-refractivity contribution in [2.75, 3.05) is 23.9 Å². The van der Waals surface area contributed by atoms with Crippen LogP contribution in [0.3, 0.4) is 0 Å². The maximum Gasteiger partial charge on any atom is 0.315 e. The molecule has 0 spiro atoms. The lowest BCUT2D eigenvalue weighted by Crippen LogP contribution is -2.14. The number of para-hydroxylation sites is 1. The van der Waals surface area contributed by atoms with E-state index in [4.69, 9.17) is 4.42 Å². The molecule has 2 heterocycles. The summed E-state index contributed by atoms with van der Waals surface area (Å²) < 4.78 is 29.3. The second-order valence-corrected chi connectivity index (χ2v) is 7.24.